The molecular formula is C14H19ClO3. The van der Waals surface area contributed by atoms with Gasteiger partial charge in [0.1, 0.15) is 0 Å². The fraction of sp³-hybridized carbons (Fsp3) is 0.571. The molecule has 100 valence electrons. The predicted molar refractivity (Wildman–Crippen MR) is 71.8 cm³/mol. The Hall–Kier alpha value is -0.930. The summed E-state index contributed by atoms with van der Waals surface area (Å²) < 4.78 is 11.4. The molecule has 18 heavy (non-hydrogen) atoms. The Morgan fingerprint density at radius 3 is 2.61 bits per heavy atom. The van der Waals surface area contributed by atoms with Gasteiger partial charge in [0, 0.05) is 12.0 Å². The van der Waals surface area contributed by atoms with Crippen LogP contribution in [0.5, 0.6) is 11.5 Å². The first-order chi connectivity index (χ1) is 8.63. The van der Waals surface area contributed by atoms with Gasteiger partial charge in [-0.2, -0.15) is 0 Å². The molecule has 1 aliphatic heterocycles. The summed E-state index contributed by atoms with van der Waals surface area (Å²) in [6.07, 6.45) is 1.89. The lowest BCUT2D eigenvalue weighted by Crippen LogP contribution is -2.08. The molecule has 1 unspecified atom stereocenters. The standard InChI is InChI=1S/C14H19ClO3/c1-3-11-10(7-9(2)16)8-12(15)14-13(11)17-5-4-6-18-14/h8-9,16H,3-7H2,1-2H3. The molecule has 0 amide bonds. The lowest BCUT2D eigenvalue weighted by atomic mass is 9.98. The van der Waals surface area contributed by atoms with Gasteiger partial charge in [0.15, 0.2) is 11.5 Å². The number of aliphatic hydroxyl groups is 1. The average Bonchev–Trinajstić information content (AvgIpc) is 2.54. The van der Waals surface area contributed by atoms with Crippen LogP contribution in [0.2, 0.25) is 5.02 Å². The Labute approximate surface area is 113 Å². The second-order valence-corrected chi connectivity index (χ2v) is 5.02. The molecule has 2 rings (SSSR count). The van der Waals surface area contributed by atoms with Gasteiger partial charge in [0.05, 0.1) is 24.3 Å². The lowest BCUT2D eigenvalue weighted by Gasteiger charge is -2.18. The summed E-state index contributed by atoms with van der Waals surface area (Å²) in [4.78, 5) is 0. The van der Waals surface area contributed by atoms with E-state index in [0.717, 1.165) is 29.7 Å². The van der Waals surface area contributed by atoms with Crippen LogP contribution in [0.1, 0.15) is 31.4 Å². The first-order valence-electron chi connectivity index (χ1n) is 6.41. The van der Waals surface area contributed by atoms with E-state index in [-0.39, 0.29) is 0 Å². The Bertz CT molecular complexity index is 430. The van der Waals surface area contributed by atoms with Gasteiger partial charge in [-0.1, -0.05) is 18.5 Å². The Kier molecular flexibility index (Phi) is 4.36. The molecule has 1 aromatic rings. The molecule has 0 bridgehead atoms. The maximum Gasteiger partial charge on any atom is 0.180 e. The number of halogens is 1. The highest BCUT2D eigenvalue weighted by Gasteiger charge is 2.21. The van der Waals surface area contributed by atoms with E-state index in [1.165, 1.54) is 0 Å². The molecule has 0 aromatic heterocycles. The third-order valence-electron chi connectivity index (χ3n) is 3.04. The number of hydrogen-bond donors (Lipinski definition) is 1. The number of ether oxygens (including phenoxy) is 2. The highest BCUT2D eigenvalue weighted by Crippen LogP contribution is 2.42. The number of hydrogen-bond acceptors (Lipinski definition) is 3. The van der Waals surface area contributed by atoms with Crippen LogP contribution in [0.3, 0.4) is 0 Å². The summed E-state index contributed by atoms with van der Waals surface area (Å²) in [5.74, 6) is 1.42. The molecule has 0 saturated carbocycles. The van der Waals surface area contributed by atoms with E-state index in [0.29, 0.717) is 30.4 Å². The Morgan fingerprint density at radius 2 is 2.00 bits per heavy atom. The van der Waals surface area contributed by atoms with Gasteiger partial charge < -0.3 is 14.6 Å². The van der Waals surface area contributed by atoms with Crippen molar-refractivity contribution >= 4 is 11.6 Å². The van der Waals surface area contributed by atoms with Crippen molar-refractivity contribution < 1.29 is 14.6 Å². The molecule has 0 aliphatic carbocycles. The summed E-state index contributed by atoms with van der Waals surface area (Å²) in [6, 6.07) is 1.89. The predicted octanol–water partition coefficient (Wildman–Crippen LogP) is 2.99. The summed E-state index contributed by atoms with van der Waals surface area (Å²) in [5.41, 5.74) is 2.14. The SMILES string of the molecule is CCc1c(CC(C)O)cc(Cl)c2c1OCCCO2. The van der Waals surface area contributed by atoms with Crippen LogP contribution in [-0.2, 0) is 12.8 Å². The first-order valence-corrected chi connectivity index (χ1v) is 6.79. The van der Waals surface area contributed by atoms with E-state index in [4.69, 9.17) is 21.1 Å². The van der Waals surface area contributed by atoms with E-state index in [1.54, 1.807) is 6.92 Å². The quantitative estimate of drug-likeness (QED) is 0.918. The molecule has 1 heterocycles. The number of rotatable bonds is 3. The topological polar surface area (TPSA) is 38.7 Å². The summed E-state index contributed by atoms with van der Waals surface area (Å²) in [7, 11) is 0. The van der Waals surface area contributed by atoms with Crippen molar-refractivity contribution in [2.75, 3.05) is 13.2 Å². The van der Waals surface area contributed by atoms with E-state index < -0.39 is 6.10 Å². The number of fused-ring (bicyclic) bond motifs is 1. The second-order valence-electron chi connectivity index (χ2n) is 4.61. The Morgan fingerprint density at radius 1 is 1.33 bits per heavy atom. The highest BCUT2D eigenvalue weighted by atomic mass is 35.5. The Balaban J connectivity index is 2.50. The zero-order chi connectivity index (χ0) is 13.1. The van der Waals surface area contributed by atoms with Crippen molar-refractivity contribution in [3.63, 3.8) is 0 Å². The number of benzene rings is 1. The van der Waals surface area contributed by atoms with Crippen molar-refractivity contribution in [1.82, 2.24) is 0 Å². The minimum absolute atomic E-state index is 0.392. The maximum atomic E-state index is 9.56. The van der Waals surface area contributed by atoms with Gasteiger partial charge in [-0.25, -0.2) is 0 Å². The zero-order valence-corrected chi connectivity index (χ0v) is 11.6. The van der Waals surface area contributed by atoms with E-state index >= 15 is 0 Å². The van der Waals surface area contributed by atoms with Crippen molar-refractivity contribution in [3.05, 3.63) is 22.2 Å². The van der Waals surface area contributed by atoms with Crippen LogP contribution < -0.4 is 9.47 Å². The highest BCUT2D eigenvalue weighted by molar-refractivity contribution is 6.32. The van der Waals surface area contributed by atoms with Gasteiger partial charge in [-0.3, -0.25) is 0 Å². The largest absolute Gasteiger partial charge is 0.489 e. The lowest BCUT2D eigenvalue weighted by molar-refractivity contribution is 0.195. The first kappa shape index (κ1) is 13.5. The molecule has 1 N–H and O–H groups in total. The van der Waals surface area contributed by atoms with Crippen LogP contribution in [-0.4, -0.2) is 24.4 Å². The molecule has 0 fully saturated rings. The normalized spacial score (nSPS) is 16.2. The van der Waals surface area contributed by atoms with Crippen molar-refractivity contribution in [2.24, 2.45) is 0 Å². The zero-order valence-electron chi connectivity index (χ0n) is 10.8. The molecule has 1 atom stereocenters. The van der Waals surface area contributed by atoms with Gasteiger partial charge in [0.25, 0.3) is 0 Å². The molecule has 1 aromatic carbocycles. The molecule has 4 heteroatoms. The van der Waals surface area contributed by atoms with Crippen LogP contribution in [0.25, 0.3) is 0 Å². The second kappa shape index (κ2) is 5.81. The molecule has 1 aliphatic rings. The minimum atomic E-state index is -0.392. The van der Waals surface area contributed by atoms with Crippen LogP contribution in [0, 0.1) is 0 Å². The molecule has 0 spiro atoms. The summed E-state index contributed by atoms with van der Waals surface area (Å²) in [6.45, 7) is 5.12. The molecular weight excluding hydrogens is 252 g/mol. The molecule has 0 saturated heterocycles. The summed E-state index contributed by atoms with van der Waals surface area (Å²) >= 11 is 6.25. The van der Waals surface area contributed by atoms with Crippen molar-refractivity contribution in [3.8, 4) is 11.5 Å². The average molecular weight is 271 g/mol. The van der Waals surface area contributed by atoms with Crippen LogP contribution in [0.15, 0.2) is 6.07 Å². The third-order valence-corrected chi connectivity index (χ3v) is 3.32. The fourth-order valence-electron chi connectivity index (χ4n) is 2.28. The maximum absolute atomic E-state index is 9.56. The minimum Gasteiger partial charge on any atom is -0.489 e. The van der Waals surface area contributed by atoms with Gasteiger partial charge in [-0.05, 0) is 31.4 Å². The summed E-state index contributed by atoms with van der Waals surface area (Å²) in [5, 5.41) is 10.1. The van der Waals surface area contributed by atoms with Gasteiger partial charge in [0.2, 0.25) is 0 Å². The van der Waals surface area contributed by atoms with E-state index in [2.05, 4.69) is 6.92 Å². The van der Waals surface area contributed by atoms with Gasteiger partial charge in [-0.15, -0.1) is 0 Å². The van der Waals surface area contributed by atoms with Gasteiger partial charge >= 0.3 is 0 Å². The monoisotopic (exact) mass is 270 g/mol. The van der Waals surface area contributed by atoms with Crippen molar-refractivity contribution in [2.45, 2.75) is 39.2 Å². The molecule has 3 nitrogen and oxygen atoms in total. The third kappa shape index (κ3) is 2.73. The van der Waals surface area contributed by atoms with Crippen LogP contribution in [0.4, 0.5) is 0 Å². The molecule has 0 radical (unpaired) electrons. The van der Waals surface area contributed by atoms with Crippen LogP contribution >= 0.6 is 11.6 Å². The fourth-order valence-corrected chi connectivity index (χ4v) is 2.55. The van der Waals surface area contributed by atoms with E-state index in [1.807, 2.05) is 6.07 Å². The number of aliphatic hydroxyl groups excluding tert-OH is 1. The smallest absolute Gasteiger partial charge is 0.180 e. The van der Waals surface area contributed by atoms with E-state index in [9.17, 15) is 5.11 Å². The van der Waals surface area contributed by atoms with Crippen molar-refractivity contribution in [1.29, 1.82) is 0 Å².